The molecule has 0 bridgehead atoms. The predicted molar refractivity (Wildman–Crippen MR) is 324 cm³/mol. The van der Waals surface area contributed by atoms with Gasteiger partial charge in [-0.05, 0) is 193 Å². The number of phenols is 1. The lowest BCUT2D eigenvalue weighted by molar-refractivity contribution is -0.386. The van der Waals surface area contributed by atoms with Crippen molar-refractivity contribution in [3.8, 4) is 46.0 Å². The molecular weight excluding hydrogens is 1040 g/mol. The highest BCUT2D eigenvalue weighted by atomic mass is 16.6. The van der Waals surface area contributed by atoms with E-state index in [9.17, 15) is 24.9 Å². The second kappa shape index (κ2) is 31.7. The van der Waals surface area contributed by atoms with E-state index >= 15 is 0 Å². The van der Waals surface area contributed by atoms with Gasteiger partial charge in [-0.15, -0.1) is 4.91 Å². The Morgan fingerprint density at radius 1 is 0.573 bits per heavy atom. The molecule has 0 radical (unpaired) electrons. The van der Waals surface area contributed by atoms with E-state index in [0.29, 0.717) is 53.3 Å². The summed E-state index contributed by atoms with van der Waals surface area (Å²) in [6.07, 6.45) is 11.5. The second-order valence-corrected chi connectivity index (χ2v) is 20.7. The zero-order chi connectivity index (χ0) is 59.1. The first-order chi connectivity index (χ1) is 39.6. The van der Waals surface area contributed by atoms with E-state index in [1.807, 2.05) is 64.6 Å². The third-order valence-electron chi connectivity index (χ3n) is 14.3. The lowest BCUT2D eigenvalue weighted by Crippen LogP contribution is -2.19. The Hall–Kier alpha value is -8.21. The molecule has 0 aromatic heterocycles. The highest BCUT2D eigenvalue weighted by molar-refractivity contribution is 5.99. The highest BCUT2D eigenvalue weighted by Crippen LogP contribution is 2.41. The fourth-order valence-corrected chi connectivity index (χ4v) is 9.92. The van der Waals surface area contributed by atoms with E-state index in [-0.39, 0.29) is 22.7 Å². The molecule has 1 atom stereocenters. The fraction of sp³-hybridized carbons (Fsp3) is 0.379. The van der Waals surface area contributed by atoms with Gasteiger partial charge in [0.05, 0.1) is 50.6 Å². The van der Waals surface area contributed by atoms with Crippen molar-refractivity contribution in [1.82, 2.24) is 9.80 Å². The first-order valence-corrected chi connectivity index (χ1v) is 27.8. The molecule has 6 aromatic rings. The number of benzene rings is 6. The van der Waals surface area contributed by atoms with E-state index in [2.05, 4.69) is 63.5 Å². The van der Waals surface area contributed by atoms with Crippen LogP contribution in [0.3, 0.4) is 0 Å². The topological polar surface area (TPSA) is 181 Å². The number of nitroso groups, excluding NO2 is 1. The summed E-state index contributed by atoms with van der Waals surface area (Å²) < 4.78 is 38.5. The number of nitro benzene ring substituents is 1. The SMILES string of the molecule is CN(C)CCOc1ccc(C(=C2CCCCC2)c2ccc(O)cc2)cc1.COc1cc(C(C)Oc2ccc(C(=C3CCCCC3)c3ccc(OCCN(C)C)cc3)cc2)c([N+](=O)[O-])cc1OC.COc1cc(N=O)c(C(C)=O)cc1OC. The van der Waals surface area contributed by atoms with Crippen LogP contribution in [0.25, 0.3) is 11.1 Å². The standard InChI is InChI=1S/C33H40N2O6.C23H29NO2.C10H11NO4/c1-23(29-21-31(38-4)32(39-5)22-30(29)35(36)37)41-28-17-13-26(14-18-28)33(24-9-7-6-8-10-24)25-11-15-27(16-12-25)40-20-19-34(2)3;1-24(2)16-17-26-22-14-10-20(11-15-22)23(18-6-4-3-5-7-18)19-8-12-21(25)13-9-19;1-6(12)7-4-9(14-2)10(15-3)5-8(7)11-13/h11-18,21-23H,6-10,19-20H2,1-5H3;8-15,25H,3-7,16-17H2,1-2H3;4-5H,1-3H3. The number of ether oxygens (including phenoxy) is 7. The lowest BCUT2D eigenvalue weighted by atomic mass is 9.85. The molecular formula is C66H80N4O12. The number of nitro groups is 1. The predicted octanol–water partition coefficient (Wildman–Crippen LogP) is 14.9. The second-order valence-electron chi connectivity index (χ2n) is 20.7. The number of likely N-dealkylation sites (N-methyl/N-ethyl adjacent to an activating group) is 2. The number of rotatable bonds is 22. The van der Waals surface area contributed by atoms with Gasteiger partial charge in [0.15, 0.2) is 28.8 Å². The Kier molecular flexibility index (Phi) is 24.3. The maximum Gasteiger partial charge on any atom is 0.280 e. The number of aromatic hydroxyl groups is 1. The Balaban J connectivity index is 0.000000223. The summed E-state index contributed by atoms with van der Waals surface area (Å²) in [5.74, 6) is 3.96. The summed E-state index contributed by atoms with van der Waals surface area (Å²) in [6.45, 7) is 6.26. The number of hydrogen-bond acceptors (Lipinski definition) is 15. The van der Waals surface area contributed by atoms with Gasteiger partial charge in [0.2, 0.25) is 0 Å². The van der Waals surface area contributed by atoms with Crippen molar-refractivity contribution >= 4 is 28.3 Å². The summed E-state index contributed by atoms with van der Waals surface area (Å²) >= 11 is 0. The van der Waals surface area contributed by atoms with Crippen LogP contribution in [0.4, 0.5) is 11.4 Å². The highest BCUT2D eigenvalue weighted by Gasteiger charge is 2.25. The van der Waals surface area contributed by atoms with Gasteiger partial charge >= 0.3 is 0 Å². The quantitative estimate of drug-likeness (QED) is 0.0293. The van der Waals surface area contributed by atoms with Gasteiger partial charge in [-0.2, -0.15) is 0 Å². The molecule has 0 amide bonds. The zero-order valence-electron chi connectivity index (χ0n) is 49.3. The Morgan fingerprint density at radius 3 is 1.33 bits per heavy atom. The van der Waals surface area contributed by atoms with Gasteiger partial charge in [0.25, 0.3) is 5.69 Å². The third-order valence-corrected chi connectivity index (χ3v) is 14.3. The maximum absolute atomic E-state index is 11.8. The summed E-state index contributed by atoms with van der Waals surface area (Å²) in [5, 5.41) is 24.2. The van der Waals surface area contributed by atoms with Crippen molar-refractivity contribution in [2.24, 2.45) is 5.18 Å². The van der Waals surface area contributed by atoms with Crippen LogP contribution in [0.15, 0.2) is 138 Å². The molecule has 0 heterocycles. The summed E-state index contributed by atoms with van der Waals surface area (Å²) in [7, 11) is 14.0. The van der Waals surface area contributed by atoms with Crippen LogP contribution < -0.4 is 33.2 Å². The van der Waals surface area contributed by atoms with Crippen LogP contribution in [0.5, 0.6) is 46.0 Å². The van der Waals surface area contributed by atoms with E-state index in [1.165, 1.54) is 131 Å². The van der Waals surface area contributed by atoms with Crippen molar-refractivity contribution in [2.45, 2.75) is 84.2 Å². The van der Waals surface area contributed by atoms with Gasteiger partial charge in [-0.3, -0.25) is 14.9 Å². The molecule has 0 spiro atoms. The number of ketones is 1. The molecule has 1 N–H and O–H groups in total. The molecule has 16 heteroatoms. The number of carbonyl (C=O) groups excluding carboxylic acids is 1. The van der Waals surface area contributed by atoms with Crippen molar-refractivity contribution in [2.75, 3.05) is 82.9 Å². The summed E-state index contributed by atoms with van der Waals surface area (Å²) in [6, 6.07) is 38.2. The van der Waals surface area contributed by atoms with Crippen LogP contribution in [-0.4, -0.2) is 109 Å². The average molecular weight is 1120 g/mol. The van der Waals surface area contributed by atoms with Crippen molar-refractivity contribution in [1.29, 1.82) is 0 Å². The molecule has 82 heavy (non-hydrogen) atoms. The maximum atomic E-state index is 11.8. The van der Waals surface area contributed by atoms with Crippen LogP contribution in [-0.2, 0) is 0 Å². The zero-order valence-corrected chi connectivity index (χ0v) is 49.3. The number of phenolic OH excluding ortho intramolecular Hbond substituents is 1. The van der Waals surface area contributed by atoms with Gasteiger partial charge in [-0.25, -0.2) is 0 Å². The van der Waals surface area contributed by atoms with Crippen molar-refractivity contribution in [3.05, 3.63) is 181 Å². The molecule has 2 fully saturated rings. The molecule has 16 nitrogen and oxygen atoms in total. The molecule has 2 aliphatic carbocycles. The van der Waals surface area contributed by atoms with Gasteiger partial charge in [0.1, 0.15) is 48.0 Å². The minimum absolute atomic E-state index is 0.0557. The lowest BCUT2D eigenvalue weighted by Gasteiger charge is -2.21. The molecule has 2 aliphatic rings. The summed E-state index contributed by atoms with van der Waals surface area (Å²) in [5.41, 5.74) is 10.9. The molecule has 6 aromatic carbocycles. The number of Topliss-reactive ketones (excluding diaryl/α,β-unsaturated/α-hetero) is 1. The minimum atomic E-state index is -0.586. The van der Waals surface area contributed by atoms with Crippen molar-refractivity contribution < 1.29 is 48.0 Å². The normalized spacial score (nSPS) is 13.3. The Bertz CT molecular complexity index is 3080. The molecule has 1 unspecified atom stereocenters. The Labute approximate surface area is 483 Å². The Morgan fingerprint density at radius 2 is 0.951 bits per heavy atom. The largest absolute Gasteiger partial charge is 0.508 e. The summed E-state index contributed by atoms with van der Waals surface area (Å²) in [4.78, 5) is 37.3. The van der Waals surface area contributed by atoms with Crippen LogP contribution in [0.2, 0.25) is 0 Å². The monoisotopic (exact) mass is 1120 g/mol. The minimum Gasteiger partial charge on any atom is -0.508 e. The number of allylic oxidation sites excluding steroid dienone is 2. The molecule has 0 saturated heterocycles. The number of carbonyl (C=O) groups is 1. The smallest absolute Gasteiger partial charge is 0.280 e. The third kappa shape index (κ3) is 17.9. The van der Waals surface area contributed by atoms with Crippen LogP contribution in [0, 0.1) is 15.0 Å². The van der Waals surface area contributed by atoms with Crippen LogP contribution in [0.1, 0.15) is 122 Å². The molecule has 2 saturated carbocycles. The number of hydrogen-bond donors (Lipinski definition) is 1. The first kappa shape index (κ1) is 63.0. The fourth-order valence-electron chi connectivity index (χ4n) is 9.92. The van der Waals surface area contributed by atoms with Crippen LogP contribution >= 0.6 is 0 Å². The first-order valence-electron chi connectivity index (χ1n) is 27.8. The molecule has 8 rings (SSSR count). The van der Waals surface area contributed by atoms with E-state index < -0.39 is 11.0 Å². The van der Waals surface area contributed by atoms with Gasteiger partial charge < -0.3 is 48.1 Å². The van der Waals surface area contributed by atoms with Crippen molar-refractivity contribution in [3.63, 3.8) is 0 Å². The van der Waals surface area contributed by atoms with Gasteiger partial charge in [0, 0.05) is 19.2 Å². The number of methoxy groups -OCH3 is 4. The molecule has 436 valence electrons. The van der Waals surface area contributed by atoms with E-state index in [1.54, 1.807) is 25.1 Å². The average Bonchev–Trinajstić information content (AvgIpc) is 3.64. The van der Waals surface area contributed by atoms with E-state index in [0.717, 1.165) is 55.8 Å². The molecule has 0 aliphatic heterocycles. The van der Waals surface area contributed by atoms with E-state index in [4.69, 9.17) is 33.2 Å². The number of nitrogens with zero attached hydrogens (tertiary/aromatic N) is 4. The van der Waals surface area contributed by atoms with Gasteiger partial charge in [-0.1, -0.05) is 72.5 Å².